The monoisotopic (exact) mass is 369 g/mol. The zero-order chi connectivity index (χ0) is 19.6. The van der Waals surface area contributed by atoms with Gasteiger partial charge in [-0.2, -0.15) is 0 Å². The van der Waals surface area contributed by atoms with Crippen molar-refractivity contribution in [1.29, 1.82) is 0 Å². The Morgan fingerprint density at radius 2 is 1.63 bits per heavy atom. The van der Waals surface area contributed by atoms with Gasteiger partial charge < -0.3 is 19.5 Å². The second kappa shape index (κ2) is 7.70. The van der Waals surface area contributed by atoms with Crippen molar-refractivity contribution < 1.29 is 23.8 Å². The molecule has 0 aliphatic carbocycles. The van der Waals surface area contributed by atoms with E-state index in [0.29, 0.717) is 30.3 Å². The number of esters is 1. The zero-order valence-corrected chi connectivity index (χ0v) is 15.9. The minimum Gasteiger partial charge on any atom is -0.486 e. The average Bonchev–Trinajstić information content (AvgIpc) is 2.63. The van der Waals surface area contributed by atoms with Gasteiger partial charge in [-0.25, -0.2) is 4.79 Å². The first-order chi connectivity index (χ1) is 12.8. The van der Waals surface area contributed by atoms with Gasteiger partial charge in [0.05, 0.1) is 5.56 Å². The molecule has 3 rings (SSSR count). The summed E-state index contributed by atoms with van der Waals surface area (Å²) in [4.78, 5) is 24.8. The molecule has 1 aliphatic rings. The molecular formula is C21H23NO5. The Balaban J connectivity index is 1.67. The molecule has 27 heavy (non-hydrogen) atoms. The molecule has 1 amide bonds. The average molecular weight is 369 g/mol. The van der Waals surface area contributed by atoms with Crippen LogP contribution in [0.15, 0.2) is 30.3 Å². The van der Waals surface area contributed by atoms with E-state index in [0.717, 1.165) is 22.4 Å². The first-order valence-corrected chi connectivity index (χ1v) is 8.84. The quantitative estimate of drug-likeness (QED) is 0.834. The summed E-state index contributed by atoms with van der Waals surface area (Å²) in [5, 5.41) is 2.85. The van der Waals surface area contributed by atoms with Gasteiger partial charge in [0, 0.05) is 5.69 Å². The van der Waals surface area contributed by atoms with Crippen LogP contribution in [-0.4, -0.2) is 31.2 Å². The second-order valence-corrected chi connectivity index (χ2v) is 6.67. The maximum atomic E-state index is 12.5. The summed E-state index contributed by atoms with van der Waals surface area (Å²) in [5.74, 6) is 0.121. The predicted molar refractivity (Wildman–Crippen MR) is 102 cm³/mol. The van der Waals surface area contributed by atoms with Gasteiger partial charge in [0.15, 0.2) is 17.6 Å². The Kier molecular flexibility index (Phi) is 5.35. The number of ether oxygens (including phenoxy) is 3. The van der Waals surface area contributed by atoms with Gasteiger partial charge in [-0.05, 0) is 57.0 Å². The number of rotatable bonds is 4. The lowest BCUT2D eigenvalue weighted by molar-refractivity contribution is -0.123. The van der Waals surface area contributed by atoms with Crippen LogP contribution in [0.2, 0.25) is 0 Å². The van der Waals surface area contributed by atoms with Crippen molar-refractivity contribution in [2.24, 2.45) is 0 Å². The number of fused-ring (bicyclic) bond motifs is 1. The van der Waals surface area contributed by atoms with Crippen molar-refractivity contribution in [1.82, 2.24) is 0 Å². The molecule has 6 heteroatoms. The highest BCUT2D eigenvalue weighted by Crippen LogP contribution is 2.31. The topological polar surface area (TPSA) is 73.9 Å². The van der Waals surface area contributed by atoms with E-state index < -0.39 is 12.1 Å². The number of amides is 1. The van der Waals surface area contributed by atoms with Crippen molar-refractivity contribution in [2.45, 2.75) is 33.8 Å². The van der Waals surface area contributed by atoms with Crippen molar-refractivity contribution in [3.8, 4) is 11.5 Å². The van der Waals surface area contributed by atoms with Gasteiger partial charge in [-0.1, -0.05) is 17.7 Å². The van der Waals surface area contributed by atoms with Gasteiger partial charge in [0.1, 0.15) is 13.2 Å². The SMILES string of the molecule is Cc1cc(C)c(NC(=O)C(C)OC(=O)c2ccc3c(c2)OCCO3)c(C)c1. The summed E-state index contributed by atoms with van der Waals surface area (Å²) in [6.45, 7) is 8.32. The largest absolute Gasteiger partial charge is 0.486 e. The Morgan fingerprint density at radius 1 is 1.00 bits per heavy atom. The number of benzene rings is 2. The Hall–Kier alpha value is -3.02. The maximum Gasteiger partial charge on any atom is 0.339 e. The minimum absolute atomic E-state index is 0.307. The Morgan fingerprint density at radius 3 is 2.30 bits per heavy atom. The van der Waals surface area contributed by atoms with Crippen LogP contribution in [0.1, 0.15) is 34.0 Å². The molecule has 0 fully saturated rings. The lowest BCUT2D eigenvalue weighted by Crippen LogP contribution is -2.30. The zero-order valence-electron chi connectivity index (χ0n) is 15.9. The van der Waals surface area contributed by atoms with Crippen LogP contribution in [0.4, 0.5) is 5.69 Å². The number of anilines is 1. The number of carbonyl (C=O) groups excluding carboxylic acids is 2. The van der Waals surface area contributed by atoms with Crippen LogP contribution in [0.5, 0.6) is 11.5 Å². The highest BCUT2D eigenvalue weighted by atomic mass is 16.6. The fraction of sp³-hybridized carbons (Fsp3) is 0.333. The number of hydrogen-bond donors (Lipinski definition) is 1. The Bertz CT molecular complexity index is 867. The van der Waals surface area contributed by atoms with Crippen LogP contribution in [0.25, 0.3) is 0 Å². The lowest BCUT2D eigenvalue weighted by Gasteiger charge is -2.19. The molecule has 1 unspecified atom stereocenters. The predicted octanol–water partition coefficient (Wildman–Crippen LogP) is 3.57. The molecule has 0 saturated heterocycles. The first kappa shape index (κ1) is 18.8. The second-order valence-electron chi connectivity index (χ2n) is 6.67. The maximum absolute atomic E-state index is 12.5. The molecular weight excluding hydrogens is 346 g/mol. The van der Waals surface area contributed by atoms with Crippen LogP contribution >= 0.6 is 0 Å². The van der Waals surface area contributed by atoms with E-state index in [1.54, 1.807) is 25.1 Å². The fourth-order valence-corrected chi connectivity index (χ4v) is 3.05. The number of carbonyl (C=O) groups is 2. The van der Waals surface area contributed by atoms with E-state index in [2.05, 4.69) is 5.32 Å². The molecule has 142 valence electrons. The molecule has 2 aromatic carbocycles. The molecule has 1 atom stereocenters. The summed E-state index contributed by atoms with van der Waals surface area (Å²) in [7, 11) is 0. The normalized spacial score (nSPS) is 13.6. The molecule has 1 N–H and O–H groups in total. The molecule has 6 nitrogen and oxygen atoms in total. The van der Waals surface area contributed by atoms with E-state index >= 15 is 0 Å². The van der Waals surface area contributed by atoms with Crippen molar-refractivity contribution >= 4 is 17.6 Å². The van der Waals surface area contributed by atoms with Crippen LogP contribution < -0.4 is 14.8 Å². The molecule has 0 spiro atoms. The molecule has 0 radical (unpaired) electrons. The standard InChI is InChI=1S/C21H23NO5/c1-12-9-13(2)19(14(3)10-12)22-20(23)15(4)27-21(24)16-5-6-17-18(11-16)26-8-7-25-17/h5-6,9-11,15H,7-8H2,1-4H3,(H,22,23). The van der Waals surface area contributed by atoms with Gasteiger partial charge in [0.25, 0.3) is 5.91 Å². The third kappa shape index (κ3) is 4.22. The van der Waals surface area contributed by atoms with E-state index in [4.69, 9.17) is 14.2 Å². The van der Waals surface area contributed by atoms with Crippen molar-refractivity contribution in [3.05, 3.63) is 52.6 Å². The molecule has 0 saturated carbocycles. The van der Waals surface area contributed by atoms with E-state index in [9.17, 15) is 9.59 Å². The summed E-state index contributed by atoms with van der Waals surface area (Å²) >= 11 is 0. The Labute approximate surface area is 158 Å². The number of hydrogen-bond acceptors (Lipinski definition) is 5. The molecule has 0 aromatic heterocycles. The molecule has 1 heterocycles. The molecule has 1 aliphatic heterocycles. The molecule has 2 aromatic rings. The van der Waals surface area contributed by atoms with Gasteiger partial charge in [-0.15, -0.1) is 0 Å². The van der Waals surface area contributed by atoms with E-state index in [-0.39, 0.29) is 5.91 Å². The third-order valence-corrected chi connectivity index (χ3v) is 4.36. The lowest BCUT2D eigenvalue weighted by atomic mass is 10.0. The van der Waals surface area contributed by atoms with Gasteiger partial charge in [0.2, 0.25) is 0 Å². The van der Waals surface area contributed by atoms with Crippen molar-refractivity contribution in [2.75, 3.05) is 18.5 Å². The smallest absolute Gasteiger partial charge is 0.339 e. The number of nitrogens with one attached hydrogen (secondary N) is 1. The van der Waals surface area contributed by atoms with Crippen molar-refractivity contribution in [3.63, 3.8) is 0 Å². The van der Waals surface area contributed by atoms with Gasteiger partial charge in [-0.3, -0.25) is 4.79 Å². The highest BCUT2D eigenvalue weighted by Gasteiger charge is 2.22. The number of aryl methyl sites for hydroxylation is 3. The summed E-state index contributed by atoms with van der Waals surface area (Å²) in [6, 6.07) is 8.81. The van der Waals surface area contributed by atoms with Crippen LogP contribution in [0.3, 0.4) is 0 Å². The first-order valence-electron chi connectivity index (χ1n) is 8.84. The fourth-order valence-electron chi connectivity index (χ4n) is 3.05. The summed E-state index contributed by atoms with van der Waals surface area (Å²) < 4.78 is 16.2. The van der Waals surface area contributed by atoms with Crippen LogP contribution in [0, 0.1) is 20.8 Å². The third-order valence-electron chi connectivity index (χ3n) is 4.36. The van der Waals surface area contributed by atoms with E-state index in [1.807, 2.05) is 32.9 Å². The molecule has 0 bridgehead atoms. The van der Waals surface area contributed by atoms with Crippen LogP contribution in [-0.2, 0) is 9.53 Å². The summed E-state index contributed by atoms with van der Waals surface area (Å²) in [5.41, 5.74) is 4.10. The van der Waals surface area contributed by atoms with Gasteiger partial charge >= 0.3 is 5.97 Å². The highest BCUT2D eigenvalue weighted by molar-refractivity contribution is 5.98. The van der Waals surface area contributed by atoms with E-state index in [1.165, 1.54) is 0 Å². The summed E-state index contributed by atoms with van der Waals surface area (Å²) in [6.07, 6.45) is -0.939. The minimum atomic E-state index is -0.939.